The van der Waals surface area contributed by atoms with Crippen LogP contribution in [0.3, 0.4) is 0 Å². The van der Waals surface area contributed by atoms with Crippen molar-refractivity contribution in [2.45, 2.75) is 64.2 Å². The number of rotatable bonds is 1. The van der Waals surface area contributed by atoms with Crippen molar-refractivity contribution in [1.29, 1.82) is 0 Å². The van der Waals surface area contributed by atoms with Crippen molar-refractivity contribution in [2.75, 3.05) is 0 Å². The molecule has 6 unspecified atom stereocenters. The first kappa shape index (κ1) is 11.7. The highest BCUT2D eigenvalue weighted by Crippen LogP contribution is 2.54. The highest BCUT2D eigenvalue weighted by Gasteiger charge is 2.43. The van der Waals surface area contributed by atoms with E-state index in [1.807, 2.05) is 0 Å². The van der Waals surface area contributed by atoms with E-state index in [4.69, 9.17) is 2.74 Å². The second kappa shape index (κ2) is 5.78. The van der Waals surface area contributed by atoms with Crippen molar-refractivity contribution < 1.29 is 2.74 Å². The Labute approximate surface area is 133 Å². The Balaban J connectivity index is 1.51. The second-order valence-electron chi connectivity index (χ2n) is 7.84. The molecule has 21 heavy (non-hydrogen) atoms. The first-order valence-corrected chi connectivity index (χ1v) is 9.02. The Morgan fingerprint density at radius 3 is 2.24 bits per heavy atom. The quantitative estimate of drug-likeness (QED) is 0.590. The van der Waals surface area contributed by atoms with Crippen molar-refractivity contribution in [3.8, 4) is 0 Å². The van der Waals surface area contributed by atoms with Crippen LogP contribution in [-0.2, 0) is 0 Å². The minimum absolute atomic E-state index is 0.175. The van der Waals surface area contributed by atoms with E-state index in [0.29, 0.717) is 0 Å². The summed E-state index contributed by atoms with van der Waals surface area (Å²) >= 11 is 0. The summed E-state index contributed by atoms with van der Waals surface area (Å²) in [7, 11) is 0. The van der Waals surface area contributed by atoms with Gasteiger partial charge in [-0.25, -0.2) is 0 Å². The van der Waals surface area contributed by atoms with E-state index in [9.17, 15) is 0 Å². The third-order valence-electron chi connectivity index (χ3n) is 6.65. The van der Waals surface area contributed by atoms with Crippen molar-refractivity contribution >= 4 is 0 Å². The van der Waals surface area contributed by atoms with Crippen LogP contribution in [0.2, 0.25) is 0 Å². The molecule has 0 bridgehead atoms. The fraction of sp³-hybridized carbons (Fsp3) is 0.714. The van der Waals surface area contributed by atoms with Crippen molar-refractivity contribution in [2.24, 2.45) is 29.6 Å². The van der Waals surface area contributed by atoms with Gasteiger partial charge in [0.25, 0.3) is 0 Å². The van der Waals surface area contributed by atoms with E-state index < -0.39 is 0 Å². The lowest BCUT2D eigenvalue weighted by Gasteiger charge is -2.50. The van der Waals surface area contributed by atoms with E-state index in [-0.39, 0.29) is 11.8 Å². The van der Waals surface area contributed by atoms with Crippen LogP contribution in [0.15, 0.2) is 30.3 Å². The molecule has 3 aliphatic rings. The molecule has 3 saturated carbocycles. The van der Waals surface area contributed by atoms with Crippen molar-refractivity contribution in [3.05, 3.63) is 35.9 Å². The maximum absolute atomic E-state index is 9.05. The smallest absolute Gasteiger partial charge is 0.0352 e. The summed E-state index contributed by atoms with van der Waals surface area (Å²) in [5.74, 6) is 2.71. The molecule has 0 radical (unpaired) electrons. The minimum atomic E-state index is -0.353. The molecular weight excluding hydrogens is 252 g/mol. The van der Waals surface area contributed by atoms with Gasteiger partial charge in [0, 0.05) is 2.74 Å². The summed E-state index contributed by atoms with van der Waals surface area (Å²) in [5, 5.41) is 0. The molecule has 114 valence electrons. The summed E-state index contributed by atoms with van der Waals surface area (Å²) in [6, 6.07) is 10.6. The van der Waals surface area contributed by atoms with Crippen LogP contribution in [0.25, 0.3) is 0 Å². The van der Waals surface area contributed by atoms with Gasteiger partial charge in [-0.1, -0.05) is 43.7 Å². The van der Waals surface area contributed by atoms with Crippen LogP contribution >= 0.6 is 0 Å². The standard InChI is InChI=1S/C21H30/c1-15-7-11-20-18(13-15)8-9-19-14-17(10-12-21(19)20)16-5-3-2-4-6-16/h2-6,15,17-21H,7-14H2,1H3/i15D,17D. The average Bonchev–Trinajstić information content (AvgIpc) is 2.54. The molecular formula is C21H30. The highest BCUT2D eigenvalue weighted by atomic mass is 14.5. The van der Waals surface area contributed by atoms with Crippen LogP contribution in [-0.4, -0.2) is 0 Å². The normalized spacial score (nSPS) is 51.3. The van der Waals surface area contributed by atoms with Crippen LogP contribution in [0.4, 0.5) is 0 Å². The number of fused-ring (bicyclic) bond motifs is 3. The Hall–Kier alpha value is -0.780. The number of hydrogen-bond acceptors (Lipinski definition) is 0. The van der Waals surface area contributed by atoms with E-state index in [1.165, 1.54) is 31.2 Å². The molecule has 0 heterocycles. The lowest BCUT2D eigenvalue weighted by Crippen LogP contribution is -2.40. The third-order valence-corrected chi connectivity index (χ3v) is 6.65. The SMILES string of the molecule is [2H]C1(C)CCC2C(CCC3CC([2H])(c4ccccc4)CCC32)C1. The van der Waals surface area contributed by atoms with E-state index in [0.717, 1.165) is 49.4 Å². The van der Waals surface area contributed by atoms with Gasteiger partial charge >= 0.3 is 0 Å². The summed E-state index contributed by atoms with van der Waals surface area (Å²) in [6.45, 7) is 2.14. The lowest BCUT2D eigenvalue weighted by molar-refractivity contribution is 0.00923. The number of benzene rings is 1. The van der Waals surface area contributed by atoms with Gasteiger partial charge in [-0.3, -0.25) is 0 Å². The molecule has 0 spiro atoms. The fourth-order valence-corrected chi connectivity index (χ4v) is 5.62. The van der Waals surface area contributed by atoms with Gasteiger partial charge < -0.3 is 0 Å². The molecule has 6 atom stereocenters. The molecule has 0 saturated heterocycles. The van der Waals surface area contributed by atoms with E-state index >= 15 is 0 Å². The largest absolute Gasteiger partial charge is 0.0625 e. The molecule has 1 aromatic carbocycles. The van der Waals surface area contributed by atoms with E-state index in [2.05, 4.69) is 37.3 Å². The van der Waals surface area contributed by atoms with Gasteiger partial charge in [0.15, 0.2) is 0 Å². The zero-order valence-corrected chi connectivity index (χ0v) is 13.4. The van der Waals surface area contributed by atoms with Crippen molar-refractivity contribution in [3.63, 3.8) is 0 Å². The predicted octanol–water partition coefficient (Wildman–Crippen LogP) is 6.03. The van der Waals surface area contributed by atoms with Crippen LogP contribution in [0.5, 0.6) is 0 Å². The molecule has 0 aliphatic heterocycles. The van der Waals surface area contributed by atoms with Crippen LogP contribution in [0.1, 0.15) is 72.5 Å². The first-order chi connectivity index (χ1) is 11.0. The van der Waals surface area contributed by atoms with Crippen molar-refractivity contribution in [1.82, 2.24) is 0 Å². The van der Waals surface area contributed by atoms with Gasteiger partial charge in [0.1, 0.15) is 0 Å². The second-order valence-corrected chi connectivity index (χ2v) is 7.84. The monoisotopic (exact) mass is 284 g/mol. The Morgan fingerprint density at radius 1 is 0.810 bits per heavy atom. The molecule has 4 rings (SSSR count). The van der Waals surface area contributed by atoms with Gasteiger partial charge in [-0.2, -0.15) is 0 Å². The van der Waals surface area contributed by atoms with Crippen LogP contribution in [0, 0.1) is 29.6 Å². The van der Waals surface area contributed by atoms with Gasteiger partial charge in [0.2, 0.25) is 0 Å². The van der Waals surface area contributed by atoms with Gasteiger partial charge in [-0.05, 0) is 86.0 Å². The topological polar surface area (TPSA) is 0 Å². The molecule has 0 aromatic heterocycles. The molecule has 0 nitrogen and oxygen atoms in total. The fourth-order valence-electron chi connectivity index (χ4n) is 5.62. The van der Waals surface area contributed by atoms with Crippen LogP contribution < -0.4 is 0 Å². The number of hydrogen-bond donors (Lipinski definition) is 0. The molecule has 3 aliphatic carbocycles. The maximum Gasteiger partial charge on any atom is 0.0352 e. The Bertz CT molecular complexity index is 552. The first-order valence-electron chi connectivity index (χ1n) is 10.0. The average molecular weight is 284 g/mol. The highest BCUT2D eigenvalue weighted by molar-refractivity contribution is 5.20. The van der Waals surface area contributed by atoms with E-state index in [1.54, 1.807) is 0 Å². The zero-order chi connectivity index (χ0) is 16.1. The Morgan fingerprint density at radius 2 is 1.48 bits per heavy atom. The minimum Gasteiger partial charge on any atom is -0.0625 e. The summed E-state index contributed by atoms with van der Waals surface area (Å²) in [4.78, 5) is 0. The zero-order valence-electron chi connectivity index (χ0n) is 15.4. The molecule has 0 heteroatoms. The van der Waals surface area contributed by atoms with Gasteiger partial charge in [0.05, 0.1) is 0 Å². The molecule has 3 fully saturated rings. The molecule has 0 N–H and O–H groups in total. The summed E-state index contributed by atoms with van der Waals surface area (Å²) in [6.07, 6.45) is 9.40. The predicted molar refractivity (Wildman–Crippen MR) is 89.2 cm³/mol. The van der Waals surface area contributed by atoms with Gasteiger partial charge in [-0.15, -0.1) is 0 Å². The molecule has 1 aromatic rings. The molecule has 0 amide bonds. The Kier molecular flexibility index (Phi) is 3.23. The third kappa shape index (κ3) is 2.67. The maximum atomic E-state index is 9.05. The summed E-state index contributed by atoms with van der Waals surface area (Å²) < 4.78 is 17.5. The lowest BCUT2D eigenvalue weighted by atomic mass is 9.55. The summed E-state index contributed by atoms with van der Waals surface area (Å²) in [5.41, 5.74) is 1.22.